The molecule has 10 heterocycles. The molecule has 6 aliphatic heterocycles. The normalized spacial score (nSPS) is 22.9. The highest BCUT2D eigenvalue weighted by atomic mass is 19.1. The van der Waals surface area contributed by atoms with Gasteiger partial charge in [-0.25, -0.2) is 18.7 Å². The van der Waals surface area contributed by atoms with Crippen molar-refractivity contribution in [2.75, 3.05) is 88.6 Å². The summed E-state index contributed by atoms with van der Waals surface area (Å²) in [5.41, 5.74) is 6.32. The maximum atomic E-state index is 15.2. The van der Waals surface area contributed by atoms with Crippen molar-refractivity contribution in [1.29, 1.82) is 0 Å². The number of hydrogen-bond donors (Lipinski definition) is 0. The Morgan fingerprint density at radius 2 is 0.944 bits per heavy atom. The summed E-state index contributed by atoms with van der Waals surface area (Å²) in [4.78, 5) is 29.0. The molecular formula is C56H74F2N10O4. The molecule has 0 amide bonds. The van der Waals surface area contributed by atoms with Gasteiger partial charge in [-0.3, -0.25) is 9.80 Å². The summed E-state index contributed by atoms with van der Waals surface area (Å²) in [6.07, 6.45) is 8.54. The highest BCUT2D eigenvalue weighted by molar-refractivity contribution is 5.94. The molecule has 14 nitrogen and oxygen atoms in total. The number of nitrogens with zero attached hydrogens (tertiary/aromatic N) is 10. The summed E-state index contributed by atoms with van der Waals surface area (Å²) in [7, 11) is 0. The van der Waals surface area contributed by atoms with E-state index in [0.717, 1.165) is 185 Å². The lowest BCUT2D eigenvalue weighted by Crippen LogP contribution is -2.39. The molecule has 16 heteroatoms. The second kappa shape index (κ2) is 21.7. The van der Waals surface area contributed by atoms with Crippen LogP contribution < -0.4 is 9.80 Å². The van der Waals surface area contributed by atoms with E-state index in [4.69, 9.17) is 28.5 Å². The molecule has 2 aromatic carbocycles. The average molecular weight is 989 g/mol. The van der Waals surface area contributed by atoms with Crippen LogP contribution in [-0.4, -0.2) is 131 Å². The number of pyridine rings is 2. The smallest absolute Gasteiger partial charge is 0.261 e. The van der Waals surface area contributed by atoms with Crippen molar-refractivity contribution in [3.63, 3.8) is 0 Å². The summed E-state index contributed by atoms with van der Waals surface area (Å²) in [6, 6.07) is 8.32. The zero-order valence-corrected chi connectivity index (χ0v) is 43.8. The third-order valence-corrected chi connectivity index (χ3v) is 16.6. The quantitative estimate of drug-likeness (QED) is 0.129. The van der Waals surface area contributed by atoms with Gasteiger partial charge in [0.05, 0.1) is 11.1 Å². The fraction of sp³-hybridized carbons (Fsp3) is 0.607. The summed E-state index contributed by atoms with van der Waals surface area (Å²) in [5.74, 6) is 5.71. The zero-order chi connectivity index (χ0) is 50.2. The van der Waals surface area contributed by atoms with Gasteiger partial charge >= 0.3 is 0 Å². The van der Waals surface area contributed by atoms with Crippen LogP contribution in [0, 0.1) is 63.0 Å². The van der Waals surface area contributed by atoms with Crippen molar-refractivity contribution < 1.29 is 27.3 Å². The Morgan fingerprint density at radius 3 is 1.31 bits per heavy atom. The van der Waals surface area contributed by atoms with Crippen LogP contribution >= 0.6 is 0 Å². The van der Waals surface area contributed by atoms with Crippen molar-refractivity contribution in [1.82, 2.24) is 40.0 Å². The Hall–Kier alpha value is -5.16. The minimum Gasteiger partial charge on any atom is -0.381 e. The molecule has 6 aliphatic rings. The van der Waals surface area contributed by atoms with Gasteiger partial charge < -0.3 is 28.3 Å². The number of rotatable bonds is 10. The second-order valence-electron chi connectivity index (χ2n) is 21.0. The molecule has 72 heavy (non-hydrogen) atoms. The molecule has 0 radical (unpaired) electrons. The molecule has 0 saturated carbocycles. The molecule has 0 bridgehead atoms. The van der Waals surface area contributed by atoms with E-state index < -0.39 is 0 Å². The third kappa shape index (κ3) is 9.97. The van der Waals surface area contributed by atoms with E-state index in [2.05, 4.69) is 39.9 Å². The van der Waals surface area contributed by atoms with Crippen molar-refractivity contribution >= 4 is 33.4 Å². The van der Waals surface area contributed by atoms with E-state index in [1.165, 1.54) is 12.8 Å². The Balaban J connectivity index is 0.000000160. The van der Waals surface area contributed by atoms with E-state index in [-0.39, 0.29) is 11.6 Å². The van der Waals surface area contributed by atoms with Crippen LogP contribution in [0.2, 0.25) is 0 Å². The van der Waals surface area contributed by atoms with Gasteiger partial charge in [0.1, 0.15) is 34.3 Å². The number of ether oxygens (including phenoxy) is 2. The molecule has 4 aromatic heterocycles. The van der Waals surface area contributed by atoms with Gasteiger partial charge in [-0.1, -0.05) is 38.0 Å². The largest absolute Gasteiger partial charge is 0.381 e. The lowest BCUT2D eigenvalue weighted by molar-refractivity contribution is 0.0508. The van der Waals surface area contributed by atoms with Gasteiger partial charge in [0, 0.05) is 88.6 Å². The molecular weight excluding hydrogens is 915 g/mol. The molecule has 6 aromatic rings. The minimum absolute atomic E-state index is 0.266. The molecule has 0 aliphatic carbocycles. The van der Waals surface area contributed by atoms with Crippen LogP contribution in [0.15, 0.2) is 33.3 Å². The molecule has 4 atom stereocenters. The van der Waals surface area contributed by atoms with Crippen molar-refractivity contribution in [3.05, 3.63) is 69.8 Å². The minimum atomic E-state index is -0.266. The molecule has 12 rings (SSSR count). The monoisotopic (exact) mass is 989 g/mol. The summed E-state index contributed by atoms with van der Waals surface area (Å²) in [6.45, 7) is 27.5. The first-order valence-corrected chi connectivity index (χ1v) is 27.0. The van der Waals surface area contributed by atoms with E-state index in [9.17, 15) is 0 Å². The van der Waals surface area contributed by atoms with Gasteiger partial charge in [0.2, 0.25) is 0 Å². The van der Waals surface area contributed by atoms with E-state index in [1.807, 2.05) is 67.5 Å². The van der Waals surface area contributed by atoms with Crippen molar-refractivity contribution in [2.24, 2.45) is 23.7 Å². The summed E-state index contributed by atoms with van der Waals surface area (Å²) >= 11 is 0. The van der Waals surface area contributed by atoms with Crippen LogP contribution in [0.1, 0.15) is 100 Å². The van der Waals surface area contributed by atoms with Crippen molar-refractivity contribution in [2.45, 2.75) is 119 Å². The Kier molecular flexibility index (Phi) is 15.2. The number of aryl methyl sites for hydroxylation is 6. The first-order valence-electron chi connectivity index (χ1n) is 27.0. The van der Waals surface area contributed by atoms with Gasteiger partial charge in [-0.15, -0.1) is 0 Å². The number of benzene rings is 2. The van der Waals surface area contributed by atoms with E-state index in [1.54, 1.807) is 12.1 Å². The number of hydrogen-bond acceptors (Lipinski definition) is 14. The number of likely N-dealkylation sites (tertiary alicyclic amines) is 2. The summed E-state index contributed by atoms with van der Waals surface area (Å²) in [5, 5.41) is 9.72. The predicted octanol–water partition coefficient (Wildman–Crippen LogP) is 10.1. The number of halogens is 2. The molecule has 6 fully saturated rings. The molecule has 6 saturated heterocycles. The Labute approximate surface area is 423 Å². The van der Waals surface area contributed by atoms with Crippen LogP contribution in [-0.2, 0) is 22.3 Å². The van der Waals surface area contributed by atoms with E-state index >= 15 is 8.78 Å². The predicted molar refractivity (Wildman–Crippen MR) is 277 cm³/mol. The fourth-order valence-electron chi connectivity index (χ4n) is 12.6. The topological polar surface area (TPSA) is 135 Å². The van der Waals surface area contributed by atoms with Gasteiger partial charge in [0.15, 0.2) is 11.6 Å². The first-order chi connectivity index (χ1) is 35.0. The number of fused-ring (bicyclic) bond motifs is 4. The summed E-state index contributed by atoms with van der Waals surface area (Å²) < 4.78 is 52.9. The van der Waals surface area contributed by atoms with Gasteiger partial charge in [-0.05, 0) is 162 Å². The standard InChI is InChI=1S/2C27H34FN5O2.C2H6/c2*1-4-18-11-21-16(2)24(27-29-17(3)31-35-27)26(30-25(21)22(28)12-18)33-14-20-5-8-32(23(20)15-33)13-19-6-9-34-10-7-19;1-2/h2*11-12,19-20,23H,4-10,13-15H2,1-3H3;1-2H3/t20-,23+;;/m1../s1. The Morgan fingerprint density at radius 1 is 0.542 bits per heavy atom. The van der Waals surface area contributed by atoms with Crippen molar-refractivity contribution in [3.8, 4) is 22.9 Å². The maximum absolute atomic E-state index is 15.2. The lowest BCUT2D eigenvalue weighted by Gasteiger charge is -2.31. The first kappa shape index (κ1) is 50.4. The van der Waals surface area contributed by atoms with Crippen LogP contribution in [0.4, 0.5) is 20.4 Å². The number of anilines is 2. The SMILES string of the molecule is CC.CCc1cc(F)c2nc(N3CC4CCN(CC5CCOCC5)C4C3)c(-c3nc(C)no3)c(C)c2c1.CCc1cc(F)c2nc(N3C[C@H]4CCN(CC5CCOCC5)[C@H]4C3)c(-c3nc(C)no3)c(C)c2c1. The maximum Gasteiger partial charge on any atom is 0.261 e. The fourth-order valence-corrected chi connectivity index (χ4v) is 12.6. The average Bonchev–Trinajstić information content (AvgIpc) is 4.28. The van der Waals surface area contributed by atoms with Gasteiger partial charge in [-0.2, -0.15) is 9.97 Å². The molecule has 386 valence electrons. The van der Waals surface area contributed by atoms with Crippen LogP contribution in [0.5, 0.6) is 0 Å². The number of aromatic nitrogens is 6. The zero-order valence-electron chi connectivity index (χ0n) is 43.8. The van der Waals surface area contributed by atoms with Crippen LogP contribution in [0.25, 0.3) is 44.7 Å². The molecule has 2 unspecified atom stereocenters. The van der Waals surface area contributed by atoms with Gasteiger partial charge in [0.25, 0.3) is 11.8 Å². The third-order valence-electron chi connectivity index (χ3n) is 16.6. The highest BCUT2D eigenvalue weighted by Crippen LogP contribution is 2.44. The Bertz CT molecular complexity index is 2670. The molecule has 0 N–H and O–H groups in total. The highest BCUT2D eigenvalue weighted by Gasteiger charge is 2.45. The van der Waals surface area contributed by atoms with Crippen LogP contribution in [0.3, 0.4) is 0 Å². The second-order valence-corrected chi connectivity index (χ2v) is 21.0. The molecule has 0 spiro atoms. The van der Waals surface area contributed by atoms with E-state index in [0.29, 0.717) is 58.4 Å². The lowest BCUT2D eigenvalue weighted by atomic mass is 9.99.